The maximum Gasteiger partial charge on any atom is 0.408 e. The van der Waals surface area contributed by atoms with E-state index in [1.54, 1.807) is 18.2 Å². The third-order valence-electron chi connectivity index (χ3n) is 2.22. The molecule has 1 aromatic carbocycles. The first kappa shape index (κ1) is 13.4. The monoisotopic (exact) mass is 338 g/mol. The Labute approximate surface area is 114 Å². The maximum atomic E-state index is 12.2. The highest BCUT2D eigenvalue weighted by Crippen LogP contribution is 2.30. The van der Waals surface area contributed by atoms with E-state index in [-0.39, 0.29) is 0 Å². The van der Waals surface area contributed by atoms with Crippen LogP contribution in [0.2, 0.25) is 5.02 Å². The molecule has 18 heavy (non-hydrogen) atoms. The van der Waals surface area contributed by atoms with Gasteiger partial charge in [-0.2, -0.15) is 18.3 Å². The molecule has 0 radical (unpaired) electrons. The van der Waals surface area contributed by atoms with Gasteiger partial charge < -0.3 is 0 Å². The predicted octanol–water partition coefficient (Wildman–Crippen LogP) is 4.53. The molecule has 2 nitrogen and oxygen atoms in total. The zero-order chi connectivity index (χ0) is 13.3. The normalized spacial score (nSPS) is 11.8. The summed E-state index contributed by atoms with van der Waals surface area (Å²) in [5, 5.41) is 4.23. The Morgan fingerprint density at radius 2 is 2.06 bits per heavy atom. The molecule has 2 aromatic rings. The maximum absolute atomic E-state index is 12.2. The fourth-order valence-electron chi connectivity index (χ4n) is 1.50. The Morgan fingerprint density at radius 1 is 1.33 bits per heavy atom. The van der Waals surface area contributed by atoms with Crippen LogP contribution in [-0.4, -0.2) is 16.0 Å². The highest BCUT2D eigenvalue weighted by molar-refractivity contribution is 9.10. The summed E-state index contributed by atoms with van der Waals surface area (Å²) in [5.74, 6) is 0. The lowest BCUT2D eigenvalue weighted by molar-refractivity contribution is -0.142. The molecule has 1 heterocycles. The van der Waals surface area contributed by atoms with Crippen molar-refractivity contribution in [3.05, 3.63) is 40.1 Å². The van der Waals surface area contributed by atoms with Crippen molar-refractivity contribution in [1.29, 1.82) is 0 Å². The highest BCUT2D eigenvalue weighted by atomic mass is 79.9. The van der Waals surface area contributed by atoms with Crippen molar-refractivity contribution < 1.29 is 13.2 Å². The van der Waals surface area contributed by atoms with Crippen molar-refractivity contribution >= 4 is 27.5 Å². The second-order valence-electron chi connectivity index (χ2n) is 3.67. The molecular formula is C11H7BrClF3N2. The lowest BCUT2D eigenvalue weighted by atomic mass is 10.1. The Kier molecular flexibility index (Phi) is 3.68. The Morgan fingerprint density at radius 3 is 2.67 bits per heavy atom. The predicted molar refractivity (Wildman–Crippen MR) is 66.4 cm³/mol. The number of benzene rings is 1. The van der Waals surface area contributed by atoms with Crippen molar-refractivity contribution in [3.8, 4) is 11.1 Å². The van der Waals surface area contributed by atoms with Crippen molar-refractivity contribution in [2.75, 3.05) is 0 Å². The molecule has 0 fully saturated rings. The Bertz CT molecular complexity index is 566. The minimum atomic E-state index is -4.28. The van der Waals surface area contributed by atoms with E-state index in [0.717, 1.165) is 10.2 Å². The molecule has 0 bridgehead atoms. The van der Waals surface area contributed by atoms with Crippen LogP contribution in [0.5, 0.6) is 0 Å². The first-order valence-corrected chi connectivity index (χ1v) is 6.07. The molecule has 0 amide bonds. The lowest BCUT2D eigenvalue weighted by Crippen LogP contribution is -2.17. The second kappa shape index (κ2) is 4.93. The van der Waals surface area contributed by atoms with Gasteiger partial charge in [0.05, 0.1) is 6.20 Å². The first-order chi connectivity index (χ1) is 8.35. The van der Waals surface area contributed by atoms with Gasteiger partial charge in [-0.15, -0.1) is 0 Å². The van der Waals surface area contributed by atoms with E-state index in [9.17, 15) is 13.2 Å². The van der Waals surface area contributed by atoms with Gasteiger partial charge in [0.15, 0.2) is 0 Å². The molecule has 96 valence electrons. The largest absolute Gasteiger partial charge is 0.408 e. The molecule has 7 heteroatoms. The summed E-state index contributed by atoms with van der Waals surface area (Å²) in [6.45, 7) is -1.10. The van der Waals surface area contributed by atoms with Crippen LogP contribution in [0, 0.1) is 0 Å². The van der Waals surface area contributed by atoms with Crippen LogP contribution in [0.25, 0.3) is 11.1 Å². The topological polar surface area (TPSA) is 17.8 Å². The van der Waals surface area contributed by atoms with Gasteiger partial charge in [-0.25, -0.2) is 0 Å². The van der Waals surface area contributed by atoms with Crippen LogP contribution in [0.4, 0.5) is 13.2 Å². The van der Waals surface area contributed by atoms with Crippen LogP contribution in [0.1, 0.15) is 0 Å². The fraction of sp³-hybridized carbons (Fsp3) is 0.182. The molecule has 0 aliphatic heterocycles. The average Bonchev–Trinajstić information content (AvgIpc) is 2.63. The summed E-state index contributed by atoms with van der Waals surface area (Å²) in [7, 11) is 0. The van der Waals surface area contributed by atoms with Gasteiger partial charge in [0, 0.05) is 21.3 Å². The SMILES string of the molecule is FC(F)(F)Cn1cc(-c2ccc(Cl)cc2Br)cn1. The summed E-state index contributed by atoms with van der Waals surface area (Å²) in [6.07, 6.45) is -1.54. The third-order valence-corrected chi connectivity index (χ3v) is 3.11. The van der Waals surface area contributed by atoms with E-state index < -0.39 is 12.7 Å². The molecule has 0 aliphatic rings. The number of hydrogen-bond donors (Lipinski definition) is 0. The summed E-state index contributed by atoms with van der Waals surface area (Å²) in [4.78, 5) is 0. The van der Waals surface area contributed by atoms with Crippen molar-refractivity contribution in [2.45, 2.75) is 12.7 Å². The highest BCUT2D eigenvalue weighted by Gasteiger charge is 2.28. The summed E-state index contributed by atoms with van der Waals surface area (Å²) in [5.41, 5.74) is 1.34. The molecule has 1 aromatic heterocycles. The molecule has 0 spiro atoms. The van der Waals surface area contributed by atoms with Gasteiger partial charge in [0.25, 0.3) is 0 Å². The first-order valence-electron chi connectivity index (χ1n) is 4.90. The lowest BCUT2D eigenvalue weighted by Gasteiger charge is -2.05. The molecule has 0 saturated heterocycles. The Hall–Kier alpha value is -1.01. The number of aromatic nitrogens is 2. The zero-order valence-corrected chi connectivity index (χ0v) is 11.2. The standard InChI is InChI=1S/C11H7BrClF3N2/c12-10-3-8(13)1-2-9(10)7-4-17-18(5-7)6-11(14,15)16/h1-5H,6H2. The van der Waals surface area contributed by atoms with Gasteiger partial charge in [-0.05, 0) is 17.7 Å². The number of hydrogen-bond acceptors (Lipinski definition) is 1. The molecular weight excluding hydrogens is 332 g/mol. The minimum absolute atomic E-state index is 0.549. The molecule has 0 atom stereocenters. The quantitative estimate of drug-likeness (QED) is 0.786. The van der Waals surface area contributed by atoms with Gasteiger partial charge in [-0.3, -0.25) is 4.68 Å². The van der Waals surface area contributed by atoms with Crippen LogP contribution in [0.15, 0.2) is 35.1 Å². The van der Waals surface area contributed by atoms with E-state index in [2.05, 4.69) is 21.0 Å². The molecule has 2 rings (SSSR count). The Balaban J connectivity index is 2.29. The molecule has 0 aliphatic carbocycles. The van der Waals surface area contributed by atoms with Crippen LogP contribution >= 0.6 is 27.5 Å². The zero-order valence-electron chi connectivity index (χ0n) is 8.88. The number of alkyl halides is 3. The van der Waals surface area contributed by atoms with Gasteiger partial charge in [0.2, 0.25) is 0 Å². The second-order valence-corrected chi connectivity index (χ2v) is 4.96. The van der Waals surface area contributed by atoms with Crippen molar-refractivity contribution in [3.63, 3.8) is 0 Å². The summed E-state index contributed by atoms with van der Waals surface area (Å²) >= 11 is 9.11. The van der Waals surface area contributed by atoms with Crippen molar-refractivity contribution in [2.24, 2.45) is 0 Å². The van der Waals surface area contributed by atoms with E-state index in [4.69, 9.17) is 11.6 Å². The van der Waals surface area contributed by atoms with Gasteiger partial charge >= 0.3 is 6.18 Å². The summed E-state index contributed by atoms with van der Waals surface area (Å²) in [6, 6.07) is 5.07. The van der Waals surface area contributed by atoms with Gasteiger partial charge in [0.1, 0.15) is 6.54 Å². The van der Waals surface area contributed by atoms with E-state index in [1.165, 1.54) is 12.4 Å². The number of rotatable bonds is 2. The number of halogens is 5. The molecule has 0 unspecified atom stereocenters. The molecule has 0 N–H and O–H groups in total. The van der Waals surface area contributed by atoms with Crippen LogP contribution in [0.3, 0.4) is 0 Å². The van der Waals surface area contributed by atoms with Gasteiger partial charge in [-0.1, -0.05) is 33.6 Å². The smallest absolute Gasteiger partial charge is 0.263 e. The van der Waals surface area contributed by atoms with E-state index >= 15 is 0 Å². The number of nitrogens with zero attached hydrogens (tertiary/aromatic N) is 2. The minimum Gasteiger partial charge on any atom is -0.263 e. The average molecular weight is 340 g/mol. The third kappa shape index (κ3) is 3.26. The summed E-state index contributed by atoms with van der Waals surface area (Å²) < 4.78 is 38.2. The van der Waals surface area contributed by atoms with E-state index in [1.807, 2.05) is 0 Å². The van der Waals surface area contributed by atoms with Crippen LogP contribution < -0.4 is 0 Å². The van der Waals surface area contributed by atoms with Crippen LogP contribution in [-0.2, 0) is 6.54 Å². The van der Waals surface area contributed by atoms with E-state index in [0.29, 0.717) is 15.1 Å². The van der Waals surface area contributed by atoms with Crippen molar-refractivity contribution in [1.82, 2.24) is 9.78 Å². The fourth-order valence-corrected chi connectivity index (χ4v) is 2.41. The molecule has 0 saturated carbocycles.